The summed E-state index contributed by atoms with van der Waals surface area (Å²) in [6.07, 6.45) is 15.0. The van der Waals surface area contributed by atoms with Gasteiger partial charge in [0, 0.05) is 11.9 Å². The number of hydrogen-bond acceptors (Lipinski definition) is 3. The molecule has 0 radical (unpaired) electrons. The summed E-state index contributed by atoms with van der Waals surface area (Å²) in [5.74, 6) is 2.61. The van der Waals surface area contributed by atoms with Crippen molar-refractivity contribution in [1.29, 1.82) is 0 Å². The Labute approximate surface area is 188 Å². The van der Waals surface area contributed by atoms with Gasteiger partial charge in [-0.15, -0.1) is 0 Å². The van der Waals surface area contributed by atoms with Gasteiger partial charge in [0.15, 0.2) is 0 Å². The molecule has 1 aromatic rings. The Morgan fingerprint density at radius 2 is 1.94 bits per heavy atom. The number of allylic oxidation sites excluding steroid dienone is 1. The van der Waals surface area contributed by atoms with Crippen molar-refractivity contribution in [2.45, 2.75) is 96.7 Å². The van der Waals surface area contributed by atoms with Gasteiger partial charge in [-0.1, -0.05) is 31.6 Å². The molecule has 0 unspecified atom stereocenters. The van der Waals surface area contributed by atoms with Crippen molar-refractivity contribution in [1.82, 2.24) is 4.98 Å². The van der Waals surface area contributed by atoms with Crippen LogP contribution in [0.1, 0.15) is 84.3 Å². The molecule has 1 heterocycles. The fourth-order valence-electron chi connectivity index (χ4n) is 8.76. The second-order valence-corrected chi connectivity index (χ2v) is 12.0. The summed E-state index contributed by atoms with van der Waals surface area (Å²) in [5.41, 5.74) is 2.53. The van der Waals surface area contributed by atoms with Crippen LogP contribution in [0.4, 0.5) is 0 Å². The second kappa shape index (κ2) is 7.70. The van der Waals surface area contributed by atoms with Crippen LogP contribution in [0.2, 0.25) is 0 Å². The van der Waals surface area contributed by atoms with Crippen LogP contribution in [0.15, 0.2) is 36.0 Å². The lowest BCUT2D eigenvalue weighted by molar-refractivity contribution is -0.104. The van der Waals surface area contributed by atoms with Crippen molar-refractivity contribution >= 4 is 0 Å². The highest BCUT2D eigenvalue weighted by Gasteiger charge is 2.61. The van der Waals surface area contributed by atoms with Gasteiger partial charge in [-0.05, 0) is 118 Å². The third-order valence-electron chi connectivity index (χ3n) is 10.4. The number of rotatable bonds is 4. The first-order chi connectivity index (χ1) is 14.7. The van der Waals surface area contributed by atoms with Crippen LogP contribution >= 0.6 is 0 Å². The van der Waals surface area contributed by atoms with E-state index < -0.39 is 5.60 Å². The maximum Gasteiger partial charge on any atom is 0.0656 e. The summed E-state index contributed by atoms with van der Waals surface area (Å²) >= 11 is 0. The van der Waals surface area contributed by atoms with E-state index >= 15 is 0 Å². The molecule has 0 amide bonds. The monoisotopic (exact) mass is 423 g/mol. The van der Waals surface area contributed by atoms with Gasteiger partial charge in [0.25, 0.3) is 0 Å². The van der Waals surface area contributed by atoms with Gasteiger partial charge in [-0.3, -0.25) is 4.98 Å². The largest absolute Gasteiger partial charge is 0.393 e. The topological polar surface area (TPSA) is 53.4 Å². The van der Waals surface area contributed by atoms with Gasteiger partial charge in [-0.25, -0.2) is 0 Å². The molecule has 4 aliphatic carbocycles. The first-order valence-corrected chi connectivity index (χ1v) is 12.7. The molecule has 0 aliphatic heterocycles. The van der Waals surface area contributed by atoms with Crippen LogP contribution in [0, 0.1) is 34.5 Å². The highest BCUT2D eigenvalue weighted by molar-refractivity contribution is 5.25. The van der Waals surface area contributed by atoms with Crippen molar-refractivity contribution in [2.24, 2.45) is 34.5 Å². The molecule has 3 fully saturated rings. The molecule has 3 saturated carbocycles. The van der Waals surface area contributed by atoms with Crippen LogP contribution in [0.5, 0.6) is 0 Å². The van der Waals surface area contributed by atoms with Crippen LogP contribution in [0.3, 0.4) is 0 Å². The molecule has 8 atom stereocenters. The summed E-state index contributed by atoms with van der Waals surface area (Å²) < 4.78 is 0. The van der Waals surface area contributed by atoms with E-state index in [1.54, 1.807) is 5.57 Å². The number of pyridine rings is 1. The summed E-state index contributed by atoms with van der Waals surface area (Å²) in [7, 11) is 0. The van der Waals surface area contributed by atoms with Crippen molar-refractivity contribution in [3.05, 3.63) is 41.7 Å². The molecule has 1 aromatic heterocycles. The minimum atomic E-state index is -0.637. The van der Waals surface area contributed by atoms with E-state index in [4.69, 9.17) is 0 Å². The standard InChI is InChI=1S/C28H41NO2/c1-26-14-12-21(30)18-19(26)7-8-22-23-9-10-25(27(23,2)15-13-24(22)26)28(3,31)16-11-20-6-4-5-17-29-20/h4-7,17,21-25,30-31H,8-16,18H2,1-3H3/t21-,22-,23-,24-,25-,26-,27-,28+/m0/s1. The highest BCUT2D eigenvalue weighted by atomic mass is 16.3. The van der Waals surface area contributed by atoms with E-state index in [9.17, 15) is 10.2 Å². The van der Waals surface area contributed by atoms with E-state index in [1.807, 2.05) is 18.3 Å². The Balaban J connectivity index is 1.35. The van der Waals surface area contributed by atoms with Crippen LogP contribution in [0.25, 0.3) is 0 Å². The summed E-state index contributed by atoms with van der Waals surface area (Å²) in [5, 5.41) is 21.9. The Morgan fingerprint density at radius 1 is 1.10 bits per heavy atom. The lowest BCUT2D eigenvalue weighted by Crippen LogP contribution is -2.53. The molecule has 170 valence electrons. The molecule has 3 nitrogen and oxygen atoms in total. The van der Waals surface area contributed by atoms with E-state index in [0.717, 1.165) is 62.0 Å². The second-order valence-electron chi connectivity index (χ2n) is 12.0. The number of fused-ring (bicyclic) bond motifs is 5. The van der Waals surface area contributed by atoms with Gasteiger partial charge in [0.05, 0.1) is 11.7 Å². The minimum absolute atomic E-state index is 0.130. The van der Waals surface area contributed by atoms with Gasteiger partial charge in [0.1, 0.15) is 0 Å². The zero-order valence-corrected chi connectivity index (χ0v) is 19.7. The van der Waals surface area contributed by atoms with E-state index in [1.165, 1.54) is 25.7 Å². The SMILES string of the molecule is C[C@]12CC[C@H]3[C@@H](CC=C4C[C@@H](O)CC[C@@]43C)[C@@H]1CC[C@@H]2[C@](C)(O)CCc1ccccn1. The first-order valence-electron chi connectivity index (χ1n) is 12.7. The highest BCUT2D eigenvalue weighted by Crippen LogP contribution is 2.67. The lowest BCUT2D eigenvalue weighted by Gasteiger charge is -2.59. The van der Waals surface area contributed by atoms with Crippen molar-refractivity contribution in [2.75, 3.05) is 0 Å². The number of nitrogens with zero attached hydrogens (tertiary/aromatic N) is 1. The van der Waals surface area contributed by atoms with Crippen LogP contribution in [-0.4, -0.2) is 26.9 Å². The molecular weight excluding hydrogens is 382 g/mol. The predicted molar refractivity (Wildman–Crippen MR) is 124 cm³/mol. The number of aryl methyl sites for hydroxylation is 1. The normalized spacial score (nSPS) is 43.9. The number of hydrogen-bond donors (Lipinski definition) is 2. The predicted octanol–water partition coefficient (Wildman–Crippen LogP) is 5.71. The summed E-state index contributed by atoms with van der Waals surface area (Å²) in [6, 6.07) is 6.08. The zero-order valence-electron chi connectivity index (χ0n) is 19.7. The molecule has 2 N–H and O–H groups in total. The number of aliphatic hydroxyl groups is 2. The van der Waals surface area contributed by atoms with Gasteiger partial charge in [0.2, 0.25) is 0 Å². The van der Waals surface area contributed by atoms with Gasteiger partial charge in [-0.2, -0.15) is 0 Å². The Hall–Kier alpha value is -1.19. The van der Waals surface area contributed by atoms with Crippen LogP contribution < -0.4 is 0 Å². The Bertz CT molecular complexity index is 833. The molecule has 0 spiro atoms. The quantitative estimate of drug-likeness (QED) is 0.610. The van der Waals surface area contributed by atoms with Crippen molar-refractivity contribution in [3.63, 3.8) is 0 Å². The van der Waals surface area contributed by atoms with Crippen LogP contribution in [-0.2, 0) is 6.42 Å². The van der Waals surface area contributed by atoms with E-state index in [2.05, 4.69) is 37.9 Å². The maximum atomic E-state index is 11.7. The third kappa shape index (κ3) is 3.51. The molecule has 3 heteroatoms. The fourth-order valence-corrected chi connectivity index (χ4v) is 8.76. The van der Waals surface area contributed by atoms with Crippen molar-refractivity contribution in [3.8, 4) is 0 Å². The van der Waals surface area contributed by atoms with Gasteiger partial charge >= 0.3 is 0 Å². The minimum Gasteiger partial charge on any atom is -0.393 e. The Kier molecular flexibility index (Phi) is 5.37. The number of aliphatic hydroxyl groups excluding tert-OH is 1. The maximum absolute atomic E-state index is 11.7. The zero-order chi connectivity index (χ0) is 21.9. The molecule has 0 aromatic carbocycles. The molecule has 0 saturated heterocycles. The lowest BCUT2D eigenvalue weighted by atomic mass is 9.46. The van der Waals surface area contributed by atoms with E-state index in [-0.39, 0.29) is 11.5 Å². The third-order valence-corrected chi connectivity index (χ3v) is 10.4. The summed E-state index contributed by atoms with van der Waals surface area (Å²) in [6.45, 7) is 7.11. The Morgan fingerprint density at radius 3 is 2.71 bits per heavy atom. The molecule has 4 aliphatic rings. The van der Waals surface area contributed by atoms with Crippen molar-refractivity contribution < 1.29 is 10.2 Å². The fraction of sp³-hybridized carbons (Fsp3) is 0.750. The smallest absolute Gasteiger partial charge is 0.0656 e. The van der Waals surface area contributed by atoms with Gasteiger partial charge < -0.3 is 10.2 Å². The average Bonchev–Trinajstić information content (AvgIpc) is 3.12. The van der Waals surface area contributed by atoms with E-state index in [0.29, 0.717) is 11.3 Å². The summed E-state index contributed by atoms with van der Waals surface area (Å²) in [4.78, 5) is 4.48. The first kappa shape index (κ1) is 21.6. The molecule has 31 heavy (non-hydrogen) atoms. The molecule has 0 bridgehead atoms. The molecular formula is C28H41NO2. The molecule has 5 rings (SSSR count). The average molecular weight is 424 g/mol. The number of aromatic nitrogens is 1.